The number of halogens is 1. The summed E-state index contributed by atoms with van der Waals surface area (Å²) in [6, 6.07) is 1.86. The summed E-state index contributed by atoms with van der Waals surface area (Å²) < 4.78 is 0. The molecule has 0 amide bonds. The minimum Gasteiger partial charge on any atom is -0.483 e. The molecule has 1 aromatic rings. The Kier molecular flexibility index (Phi) is 10.3. The third-order valence-electron chi connectivity index (χ3n) is 1.59. The van der Waals surface area contributed by atoms with E-state index in [1.165, 1.54) is 0 Å². The molecule has 1 aromatic heterocycles. The molecule has 0 saturated heterocycles. The topological polar surface area (TPSA) is 62.2 Å². The summed E-state index contributed by atoms with van der Waals surface area (Å²) in [5.41, 5.74) is 2.21. The number of carbonyl (C=O) groups is 1. The van der Waals surface area contributed by atoms with E-state index in [4.69, 9.17) is 21.5 Å². The molecule has 0 radical (unpaired) electrons. The highest BCUT2D eigenvalue weighted by Crippen LogP contribution is 2.20. The molecule has 4 nitrogen and oxygen atoms in total. The standard InChI is InChI=1S/C10H15ClN2.C2H6.CH2O2/c1-7-5-9(11)12-6-8(7)13-10(2,3)4;1-2;2-1-3/h5-6,13H,1-4H3;1-2H3;1H,(H,2,3). The van der Waals surface area contributed by atoms with Crippen LogP contribution in [0.2, 0.25) is 5.15 Å². The molecule has 104 valence electrons. The fourth-order valence-electron chi connectivity index (χ4n) is 1.06. The van der Waals surface area contributed by atoms with Crippen molar-refractivity contribution in [1.82, 2.24) is 4.98 Å². The Morgan fingerprint density at radius 1 is 1.39 bits per heavy atom. The first-order valence-electron chi connectivity index (χ1n) is 5.78. The minimum atomic E-state index is -0.250. The highest BCUT2D eigenvalue weighted by Gasteiger charge is 2.10. The van der Waals surface area contributed by atoms with Crippen molar-refractivity contribution in [3.8, 4) is 0 Å². The van der Waals surface area contributed by atoms with Gasteiger partial charge in [-0.25, -0.2) is 4.98 Å². The molecule has 0 aliphatic heterocycles. The maximum atomic E-state index is 8.36. The van der Waals surface area contributed by atoms with Gasteiger partial charge in [0, 0.05) is 5.54 Å². The predicted molar refractivity (Wildman–Crippen MR) is 77.4 cm³/mol. The summed E-state index contributed by atoms with van der Waals surface area (Å²) in [7, 11) is 0. The van der Waals surface area contributed by atoms with Gasteiger partial charge in [0.2, 0.25) is 0 Å². The van der Waals surface area contributed by atoms with Crippen LogP contribution < -0.4 is 5.32 Å². The van der Waals surface area contributed by atoms with Gasteiger partial charge in [-0.05, 0) is 39.3 Å². The van der Waals surface area contributed by atoms with E-state index in [-0.39, 0.29) is 12.0 Å². The van der Waals surface area contributed by atoms with Crippen LogP contribution >= 0.6 is 11.6 Å². The molecule has 1 heterocycles. The van der Waals surface area contributed by atoms with E-state index in [2.05, 4.69) is 31.1 Å². The first kappa shape index (κ1) is 19.1. The zero-order valence-corrected chi connectivity index (χ0v) is 12.7. The Morgan fingerprint density at radius 3 is 2.17 bits per heavy atom. The zero-order chi connectivity index (χ0) is 14.8. The Labute approximate surface area is 114 Å². The molecule has 0 spiro atoms. The number of carboxylic acid groups (broad SMARTS) is 1. The van der Waals surface area contributed by atoms with Gasteiger partial charge in [-0.1, -0.05) is 25.4 Å². The number of aromatic nitrogens is 1. The molecular formula is C13H23ClN2O2. The van der Waals surface area contributed by atoms with Crippen LogP contribution in [0.5, 0.6) is 0 Å². The number of hydrogen-bond donors (Lipinski definition) is 2. The van der Waals surface area contributed by atoms with Crippen molar-refractivity contribution in [2.75, 3.05) is 5.32 Å². The van der Waals surface area contributed by atoms with E-state index < -0.39 is 0 Å². The molecule has 0 saturated carbocycles. The average molecular weight is 275 g/mol. The largest absolute Gasteiger partial charge is 0.483 e. The van der Waals surface area contributed by atoms with Crippen LogP contribution in [0.15, 0.2) is 12.3 Å². The molecule has 0 aliphatic rings. The van der Waals surface area contributed by atoms with Gasteiger partial charge in [-0.15, -0.1) is 0 Å². The summed E-state index contributed by atoms with van der Waals surface area (Å²) in [6.45, 7) is 12.1. The number of pyridine rings is 1. The van der Waals surface area contributed by atoms with Crippen molar-refractivity contribution in [3.63, 3.8) is 0 Å². The number of nitrogens with zero attached hydrogens (tertiary/aromatic N) is 1. The van der Waals surface area contributed by atoms with Crippen LogP contribution in [-0.4, -0.2) is 22.1 Å². The van der Waals surface area contributed by atoms with Crippen LogP contribution in [0.4, 0.5) is 5.69 Å². The molecule has 0 fully saturated rings. The predicted octanol–water partition coefficient (Wildman–Crippen LogP) is 3.98. The summed E-state index contributed by atoms with van der Waals surface area (Å²) in [6.07, 6.45) is 1.77. The normalized spacial score (nSPS) is 9.28. The number of hydrogen-bond acceptors (Lipinski definition) is 3. The van der Waals surface area contributed by atoms with E-state index in [1.807, 2.05) is 26.8 Å². The van der Waals surface area contributed by atoms with Gasteiger partial charge in [0.15, 0.2) is 0 Å². The SMILES string of the molecule is CC.Cc1cc(Cl)ncc1NC(C)(C)C.O=CO. The van der Waals surface area contributed by atoms with Gasteiger partial charge in [0.05, 0.1) is 11.9 Å². The van der Waals surface area contributed by atoms with E-state index in [0.717, 1.165) is 11.3 Å². The number of anilines is 1. The monoisotopic (exact) mass is 274 g/mol. The molecule has 5 heteroatoms. The van der Waals surface area contributed by atoms with Crippen molar-refractivity contribution < 1.29 is 9.90 Å². The fraction of sp³-hybridized carbons (Fsp3) is 0.538. The van der Waals surface area contributed by atoms with Gasteiger partial charge in [0.25, 0.3) is 6.47 Å². The second-order valence-electron chi connectivity index (χ2n) is 4.30. The Morgan fingerprint density at radius 2 is 1.83 bits per heavy atom. The summed E-state index contributed by atoms with van der Waals surface area (Å²) in [5.74, 6) is 0. The second kappa shape index (κ2) is 9.71. The molecule has 1 rings (SSSR count). The summed E-state index contributed by atoms with van der Waals surface area (Å²) in [4.78, 5) is 12.4. The lowest BCUT2D eigenvalue weighted by molar-refractivity contribution is -0.122. The van der Waals surface area contributed by atoms with Gasteiger partial charge in [-0.3, -0.25) is 4.79 Å². The third kappa shape index (κ3) is 9.90. The lowest BCUT2D eigenvalue weighted by Crippen LogP contribution is -2.26. The minimum absolute atomic E-state index is 0.0558. The third-order valence-corrected chi connectivity index (χ3v) is 1.79. The van der Waals surface area contributed by atoms with E-state index in [1.54, 1.807) is 6.20 Å². The quantitative estimate of drug-likeness (QED) is 0.601. The Bertz CT molecular complexity index is 349. The fourth-order valence-corrected chi connectivity index (χ4v) is 1.27. The summed E-state index contributed by atoms with van der Waals surface area (Å²) >= 11 is 5.75. The molecule has 0 aliphatic carbocycles. The number of rotatable bonds is 1. The molecule has 0 atom stereocenters. The average Bonchev–Trinajstić information content (AvgIpc) is 2.25. The van der Waals surface area contributed by atoms with Crippen LogP contribution in [0.1, 0.15) is 40.2 Å². The smallest absolute Gasteiger partial charge is 0.290 e. The zero-order valence-electron chi connectivity index (χ0n) is 11.9. The van der Waals surface area contributed by atoms with Crippen LogP contribution in [0.25, 0.3) is 0 Å². The van der Waals surface area contributed by atoms with Gasteiger partial charge in [0.1, 0.15) is 5.15 Å². The van der Waals surface area contributed by atoms with Crippen LogP contribution in [-0.2, 0) is 4.79 Å². The Hall–Kier alpha value is -1.29. The van der Waals surface area contributed by atoms with Crippen molar-refractivity contribution in [2.45, 2.75) is 47.1 Å². The second-order valence-corrected chi connectivity index (χ2v) is 4.69. The van der Waals surface area contributed by atoms with Crippen molar-refractivity contribution in [2.24, 2.45) is 0 Å². The van der Waals surface area contributed by atoms with Crippen molar-refractivity contribution >= 4 is 23.8 Å². The number of nitrogens with one attached hydrogen (secondary N) is 1. The highest BCUT2D eigenvalue weighted by molar-refractivity contribution is 6.29. The van der Waals surface area contributed by atoms with E-state index >= 15 is 0 Å². The van der Waals surface area contributed by atoms with Crippen LogP contribution in [0, 0.1) is 6.92 Å². The first-order chi connectivity index (χ1) is 8.30. The van der Waals surface area contributed by atoms with Gasteiger partial charge in [-0.2, -0.15) is 0 Å². The molecule has 0 unspecified atom stereocenters. The van der Waals surface area contributed by atoms with Gasteiger partial charge >= 0.3 is 0 Å². The molecule has 18 heavy (non-hydrogen) atoms. The number of aryl methyl sites for hydroxylation is 1. The maximum Gasteiger partial charge on any atom is 0.290 e. The highest BCUT2D eigenvalue weighted by atomic mass is 35.5. The van der Waals surface area contributed by atoms with Crippen LogP contribution in [0.3, 0.4) is 0 Å². The molecular weight excluding hydrogens is 252 g/mol. The van der Waals surface area contributed by atoms with E-state index in [9.17, 15) is 0 Å². The van der Waals surface area contributed by atoms with Crippen molar-refractivity contribution in [1.29, 1.82) is 0 Å². The van der Waals surface area contributed by atoms with Gasteiger partial charge < -0.3 is 10.4 Å². The molecule has 2 N–H and O–H groups in total. The lowest BCUT2D eigenvalue weighted by Gasteiger charge is -2.23. The van der Waals surface area contributed by atoms with Crippen molar-refractivity contribution in [3.05, 3.63) is 23.0 Å². The van der Waals surface area contributed by atoms with E-state index in [0.29, 0.717) is 5.15 Å². The lowest BCUT2D eigenvalue weighted by atomic mass is 10.1. The summed E-state index contributed by atoms with van der Waals surface area (Å²) in [5, 5.41) is 10.8. The maximum absolute atomic E-state index is 8.36. The Balaban J connectivity index is 0. The first-order valence-corrected chi connectivity index (χ1v) is 6.16. The molecule has 0 bridgehead atoms. The molecule has 0 aromatic carbocycles.